The van der Waals surface area contributed by atoms with E-state index in [0.717, 1.165) is 9.08 Å². The molecule has 22 heavy (non-hydrogen) atoms. The molecule has 2 aliphatic heterocycles. The van der Waals surface area contributed by atoms with Gasteiger partial charge in [0.15, 0.2) is 5.72 Å². The molecule has 1 aromatic heterocycles. The van der Waals surface area contributed by atoms with Gasteiger partial charge in [-0.2, -0.15) is 0 Å². The summed E-state index contributed by atoms with van der Waals surface area (Å²) in [5.74, 6) is -0.243. The van der Waals surface area contributed by atoms with Crippen LogP contribution in [0.2, 0.25) is 0 Å². The van der Waals surface area contributed by atoms with Gasteiger partial charge in [-0.15, -0.1) is 0 Å². The molecule has 1 aromatic rings. The minimum Gasteiger partial charge on any atom is -0.368 e. The van der Waals surface area contributed by atoms with Gasteiger partial charge in [0, 0.05) is 13.5 Å². The summed E-state index contributed by atoms with van der Waals surface area (Å²) in [5.41, 5.74) is -0.818. The van der Waals surface area contributed by atoms with E-state index in [0.29, 0.717) is 16.6 Å². The predicted octanol–water partition coefficient (Wildman–Crippen LogP) is 1.54. The second kappa shape index (κ2) is 4.49. The van der Waals surface area contributed by atoms with Crippen LogP contribution in [0.4, 0.5) is 4.79 Å². The van der Waals surface area contributed by atoms with Crippen molar-refractivity contribution in [1.29, 1.82) is 0 Å². The number of nitrogens with one attached hydrogen (secondary N) is 2. The minimum atomic E-state index is -1.32. The van der Waals surface area contributed by atoms with E-state index in [1.165, 1.54) is 4.90 Å². The summed E-state index contributed by atoms with van der Waals surface area (Å²) < 4.78 is 4.02. The number of halogens is 3. The van der Waals surface area contributed by atoms with E-state index in [1.807, 2.05) is 4.57 Å². The molecule has 0 radical (unpaired) electrons. The lowest BCUT2D eigenvalue weighted by molar-refractivity contribution is -0.0561. The smallest absolute Gasteiger partial charge is 0.319 e. The molecule has 1 aliphatic carbocycles. The Bertz CT molecular complexity index is 736. The monoisotopic (exact) mass is 496 g/mol. The molecule has 1 saturated carbocycles. The lowest BCUT2D eigenvalue weighted by Crippen LogP contribution is -2.56. The SMILES string of the molecule is CN1C(=O)N[C@H]2[C@@H]3NC(=O)c4c(Br)c(Br)c(Br)n4[C@@H]3C[C@]21O. The van der Waals surface area contributed by atoms with Gasteiger partial charge in [0.2, 0.25) is 0 Å². The van der Waals surface area contributed by atoms with Crippen LogP contribution in [0.25, 0.3) is 0 Å². The number of hydrogen-bond acceptors (Lipinski definition) is 3. The number of aliphatic hydroxyl groups is 1. The number of carbonyl (C=O) groups is 2. The van der Waals surface area contributed by atoms with E-state index in [2.05, 4.69) is 58.4 Å². The molecule has 0 unspecified atom stereocenters. The van der Waals surface area contributed by atoms with Crippen molar-refractivity contribution in [3.63, 3.8) is 0 Å². The Hall–Kier alpha value is -0.580. The number of aromatic nitrogens is 1. The average Bonchev–Trinajstić information content (AvgIpc) is 2.96. The molecule has 3 amide bonds. The predicted molar refractivity (Wildman–Crippen MR) is 87.5 cm³/mol. The Morgan fingerprint density at radius 2 is 1.91 bits per heavy atom. The van der Waals surface area contributed by atoms with Gasteiger partial charge in [0.25, 0.3) is 5.91 Å². The van der Waals surface area contributed by atoms with Gasteiger partial charge in [-0.25, -0.2) is 4.79 Å². The van der Waals surface area contributed by atoms with Crippen LogP contribution in [-0.4, -0.2) is 51.4 Å². The Labute approximate surface area is 150 Å². The Morgan fingerprint density at radius 3 is 2.59 bits per heavy atom. The highest BCUT2D eigenvalue weighted by Gasteiger charge is 2.63. The molecule has 0 bridgehead atoms. The van der Waals surface area contributed by atoms with E-state index < -0.39 is 11.8 Å². The summed E-state index contributed by atoms with van der Waals surface area (Å²) in [6, 6.07) is -1.41. The molecule has 3 heterocycles. The van der Waals surface area contributed by atoms with Gasteiger partial charge >= 0.3 is 6.03 Å². The topological polar surface area (TPSA) is 86.6 Å². The van der Waals surface area contributed by atoms with E-state index in [4.69, 9.17) is 0 Å². The first-order chi connectivity index (χ1) is 10.3. The maximum atomic E-state index is 12.5. The third-order valence-electron chi connectivity index (χ3n) is 4.82. The highest BCUT2D eigenvalue weighted by atomic mass is 79.9. The second-order valence-corrected chi connectivity index (χ2v) is 8.11. The van der Waals surface area contributed by atoms with Crippen molar-refractivity contribution in [1.82, 2.24) is 20.1 Å². The standard InChI is InChI=1S/C12H11Br3N4O3/c1-18-11(21)17-8-6-3(2-12(8,18)22)19-7(10(20)16-6)4(13)5(14)9(19)15/h3,6,8,22H,2H2,1H3,(H,16,20)(H,17,21)/t3-,6-,8+,12+/m1/s1. The van der Waals surface area contributed by atoms with Crippen molar-refractivity contribution < 1.29 is 14.7 Å². The molecule has 0 aromatic carbocycles. The molecular formula is C12H11Br3N4O3. The van der Waals surface area contributed by atoms with Crippen LogP contribution in [-0.2, 0) is 0 Å². The fourth-order valence-electron chi connectivity index (χ4n) is 3.70. The van der Waals surface area contributed by atoms with Crippen LogP contribution in [0.1, 0.15) is 23.0 Å². The van der Waals surface area contributed by atoms with Crippen molar-refractivity contribution in [2.45, 2.75) is 30.3 Å². The normalized spacial score (nSPS) is 35.9. The molecule has 3 aliphatic rings. The van der Waals surface area contributed by atoms with Crippen molar-refractivity contribution in [2.75, 3.05) is 7.05 Å². The third-order valence-corrected chi connectivity index (χ3v) is 8.21. The molecule has 2 fully saturated rings. The summed E-state index contributed by atoms with van der Waals surface area (Å²) in [6.07, 6.45) is 0.330. The van der Waals surface area contributed by atoms with Crippen LogP contribution in [0.15, 0.2) is 13.5 Å². The van der Waals surface area contributed by atoms with Crippen LogP contribution in [0.3, 0.4) is 0 Å². The molecule has 1 saturated heterocycles. The molecule has 0 spiro atoms. The lowest BCUT2D eigenvalue weighted by Gasteiger charge is -2.32. The van der Waals surface area contributed by atoms with E-state index >= 15 is 0 Å². The zero-order valence-corrected chi connectivity index (χ0v) is 16.0. The highest BCUT2D eigenvalue weighted by Crippen LogP contribution is 2.49. The average molecular weight is 499 g/mol. The number of hydrogen-bond donors (Lipinski definition) is 3. The van der Waals surface area contributed by atoms with Crippen LogP contribution in [0, 0.1) is 0 Å². The van der Waals surface area contributed by atoms with Gasteiger partial charge in [-0.3, -0.25) is 9.69 Å². The largest absolute Gasteiger partial charge is 0.368 e. The summed E-state index contributed by atoms with van der Waals surface area (Å²) in [4.78, 5) is 25.6. The first kappa shape index (κ1) is 15.0. The fraction of sp³-hybridized carbons (Fsp3) is 0.500. The molecular weight excluding hydrogens is 488 g/mol. The molecule has 118 valence electrons. The Balaban J connectivity index is 1.87. The van der Waals surface area contributed by atoms with Crippen LogP contribution >= 0.6 is 47.8 Å². The summed E-state index contributed by atoms with van der Waals surface area (Å²) >= 11 is 10.4. The van der Waals surface area contributed by atoms with Crippen molar-refractivity contribution in [2.24, 2.45) is 0 Å². The number of carbonyl (C=O) groups excluding carboxylic acids is 2. The van der Waals surface area contributed by atoms with E-state index in [9.17, 15) is 14.7 Å². The van der Waals surface area contributed by atoms with Gasteiger partial charge < -0.3 is 20.3 Å². The zero-order valence-electron chi connectivity index (χ0n) is 11.2. The quantitative estimate of drug-likeness (QED) is 0.507. The first-order valence-electron chi connectivity index (χ1n) is 6.59. The first-order valence-corrected chi connectivity index (χ1v) is 8.97. The Morgan fingerprint density at radius 1 is 1.23 bits per heavy atom. The maximum Gasteiger partial charge on any atom is 0.319 e. The van der Waals surface area contributed by atoms with Gasteiger partial charge in [-0.05, 0) is 47.8 Å². The number of fused-ring (bicyclic) bond motifs is 5. The highest BCUT2D eigenvalue weighted by molar-refractivity contribution is 9.14. The second-order valence-electron chi connectivity index (χ2n) is 5.77. The van der Waals surface area contributed by atoms with Gasteiger partial charge in [0.05, 0.1) is 21.0 Å². The number of likely N-dealkylation sites (N-methyl/N-ethyl adjacent to an activating group) is 1. The van der Waals surface area contributed by atoms with Crippen molar-refractivity contribution >= 4 is 59.7 Å². The number of nitrogens with zero attached hydrogens (tertiary/aromatic N) is 2. The molecule has 7 nitrogen and oxygen atoms in total. The van der Waals surface area contributed by atoms with E-state index in [1.54, 1.807) is 7.05 Å². The van der Waals surface area contributed by atoms with Crippen LogP contribution in [0.5, 0.6) is 0 Å². The van der Waals surface area contributed by atoms with Crippen LogP contribution < -0.4 is 10.6 Å². The lowest BCUT2D eigenvalue weighted by atomic mass is 10.1. The Kier molecular flexibility index (Phi) is 3.06. The van der Waals surface area contributed by atoms with Crippen molar-refractivity contribution in [3.8, 4) is 0 Å². The number of urea groups is 1. The molecule has 4 rings (SSSR count). The molecule has 3 N–H and O–H groups in total. The molecule has 10 heteroatoms. The van der Waals surface area contributed by atoms with E-state index in [-0.39, 0.29) is 24.0 Å². The summed E-state index contributed by atoms with van der Waals surface area (Å²) in [7, 11) is 1.56. The fourth-order valence-corrected chi connectivity index (χ4v) is 5.55. The summed E-state index contributed by atoms with van der Waals surface area (Å²) in [6.45, 7) is 0. The van der Waals surface area contributed by atoms with Gasteiger partial charge in [0.1, 0.15) is 16.3 Å². The zero-order chi connectivity index (χ0) is 16.0. The van der Waals surface area contributed by atoms with Crippen molar-refractivity contribution in [3.05, 3.63) is 19.2 Å². The molecule has 4 atom stereocenters. The maximum absolute atomic E-state index is 12.5. The minimum absolute atomic E-state index is 0.164. The number of rotatable bonds is 0. The third kappa shape index (κ3) is 1.59. The van der Waals surface area contributed by atoms with Gasteiger partial charge in [-0.1, -0.05) is 0 Å². The number of amides is 3. The summed E-state index contributed by atoms with van der Waals surface area (Å²) in [5, 5.41) is 16.6.